The molecule has 0 aromatic carbocycles. The fourth-order valence-electron chi connectivity index (χ4n) is 0.958. The van der Waals surface area contributed by atoms with Crippen molar-refractivity contribution in [1.82, 2.24) is 0 Å². The topological polar surface area (TPSA) is 36.3 Å². The Bertz CT molecular complexity index is 295. The van der Waals surface area contributed by atoms with E-state index in [1.807, 2.05) is 12.1 Å². The number of hydrogen-bond acceptors (Lipinski definition) is 3. The van der Waals surface area contributed by atoms with Gasteiger partial charge in [0.2, 0.25) is 0 Å². The maximum absolute atomic E-state index is 8.53. The van der Waals surface area contributed by atoms with E-state index < -0.39 is 0 Å². The monoisotopic (exact) mass is 165 g/mol. The van der Waals surface area contributed by atoms with Gasteiger partial charge in [0.1, 0.15) is 10.9 Å². The molecule has 0 aliphatic carbocycles. The highest BCUT2D eigenvalue weighted by Gasteiger charge is 2.23. The lowest BCUT2D eigenvalue weighted by molar-refractivity contribution is 0.408. The molecule has 1 aliphatic heterocycles. The SMILES string of the molecule is N#Cc1ccc(CC2CO2)s1. The predicted molar refractivity (Wildman–Crippen MR) is 42.5 cm³/mol. The van der Waals surface area contributed by atoms with E-state index in [9.17, 15) is 0 Å². The molecule has 0 bridgehead atoms. The van der Waals surface area contributed by atoms with Crippen molar-refractivity contribution >= 4 is 11.3 Å². The molecule has 0 spiro atoms. The van der Waals surface area contributed by atoms with Crippen molar-refractivity contribution in [2.45, 2.75) is 12.5 Å². The quantitative estimate of drug-likeness (QED) is 0.623. The van der Waals surface area contributed by atoms with Crippen LogP contribution in [0.2, 0.25) is 0 Å². The van der Waals surface area contributed by atoms with E-state index in [4.69, 9.17) is 10.00 Å². The van der Waals surface area contributed by atoms with E-state index in [1.165, 1.54) is 4.88 Å². The van der Waals surface area contributed by atoms with Crippen LogP contribution in [0.3, 0.4) is 0 Å². The molecule has 0 radical (unpaired) electrons. The van der Waals surface area contributed by atoms with E-state index in [1.54, 1.807) is 11.3 Å². The first kappa shape index (κ1) is 6.84. The van der Waals surface area contributed by atoms with Gasteiger partial charge in [0.15, 0.2) is 0 Å². The van der Waals surface area contributed by atoms with Crippen molar-refractivity contribution in [3.8, 4) is 6.07 Å². The average Bonchev–Trinajstić information content (AvgIpc) is 2.68. The summed E-state index contributed by atoms with van der Waals surface area (Å²) in [5.41, 5.74) is 0. The summed E-state index contributed by atoms with van der Waals surface area (Å²) in [6.45, 7) is 0.889. The molecular formula is C8H7NOS. The molecule has 1 saturated heterocycles. The predicted octanol–water partition coefficient (Wildman–Crippen LogP) is 1.56. The zero-order chi connectivity index (χ0) is 7.68. The van der Waals surface area contributed by atoms with Crippen LogP contribution in [0.1, 0.15) is 9.75 Å². The minimum absolute atomic E-state index is 0.431. The van der Waals surface area contributed by atoms with Gasteiger partial charge in [0.25, 0.3) is 0 Å². The van der Waals surface area contributed by atoms with E-state index in [0.717, 1.165) is 17.9 Å². The first-order valence-electron chi connectivity index (χ1n) is 3.49. The van der Waals surface area contributed by atoms with Gasteiger partial charge in [0, 0.05) is 11.3 Å². The minimum atomic E-state index is 0.431. The van der Waals surface area contributed by atoms with Crippen molar-refractivity contribution in [2.75, 3.05) is 6.61 Å². The maximum atomic E-state index is 8.53. The third kappa shape index (κ3) is 1.59. The lowest BCUT2D eigenvalue weighted by Crippen LogP contribution is -1.87. The number of ether oxygens (including phenoxy) is 1. The summed E-state index contributed by atoms with van der Waals surface area (Å²) in [5, 5.41) is 8.53. The molecule has 3 heteroatoms. The molecule has 1 atom stereocenters. The summed E-state index contributed by atoms with van der Waals surface area (Å²) < 4.78 is 5.08. The Morgan fingerprint density at radius 2 is 2.55 bits per heavy atom. The Labute approximate surface area is 69.0 Å². The number of hydrogen-bond donors (Lipinski definition) is 0. The summed E-state index contributed by atoms with van der Waals surface area (Å²) in [5.74, 6) is 0. The zero-order valence-corrected chi connectivity index (χ0v) is 6.73. The van der Waals surface area contributed by atoms with E-state index in [0.29, 0.717) is 6.10 Å². The molecule has 0 saturated carbocycles. The van der Waals surface area contributed by atoms with E-state index in [-0.39, 0.29) is 0 Å². The lowest BCUT2D eigenvalue weighted by atomic mass is 10.3. The summed E-state index contributed by atoms with van der Waals surface area (Å²) >= 11 is 1.56. The number of thiophene rings is 1. The standard InChI is InChI=1S/C8H7NOS/c9-4-8-2-1-7(11-8)3-6-5-10-6/h1-2,6H,3,5H2. The van der Waals surface area contributed by atoms with Crippen molar-refractivity contribution in [1.29, 1.82) is 5.26 Å². The molecule has 2 rings (SSSR count). The number of nitriles is 1. The molecule has 1 unspecified atom stereocenters. The van der Waals surface area contributed by atoms with Crippen LogP contribution in [-0.2, 0) is 11.2 Å². The first-order valence-corrected chi connectivity index (χ1v) is 4.30. The molecule has 1 fully saturated rings. The van der Waals surface area contributed by atoms with Crippen LogP contribution in [0.4, 0.5) is 0 Å². The maximum Gasteiger partial charge on any atom is 0.110 e. The fourth-order valence-corrected chi connectivity index (χ4v) is 1.83. The van der Waals surface area contributed by atoms with Gasteiger partial charge in [-0.2, -0.15) is 5.26 Å². The highest BCUT2D eigenvalue weighted by atomic mass is 32.1. The van der Waals surface area contributed by atoms with Crippen LogP contribution in [0.15, 0.2) is 12.1 Å². The fraction of sp³-hybridized carbons (Fsp3) is 0.375. The summed E-state index contributed by atoms with van der Waals surface area (Å²) in [4.78, 5) is 2.05. The van der Waals surface area contributed by atoms with Gasteiger partial charge in [-0.05, 0) is 12.1 Å². The lowest BCUT2D eigenvalue weighted by Gasteiger charge is -1.86. The van der Waals surface area contributed by atoms with Crippen LogP contribution in [0, 0.1) is 11.3 Å². The number of rotatable bonds is 2. The van der Waals surface area contributed by atoms with Crippen LogP contribution in [-0.4, -0.2) is 12.7 Å². The Kier molecular flexibility index (Phi) is 1.65. The third-order valence-corrected chi connectivity index (χ3v) is 2.62. The van der Waals surface area contributed by atoms with Gasteiger partial charge in [-0.15, -0.1) is 11.3 Å². The Morgan fingerprint density at radius 1 is 1.73 bits per heavy atom. The van der Waals surface area contributed by atoms with Crippen LogP contribution < -0.4 is 0 Å². The molecule has 56 valence electrons. The number of nitrogens with zero attached hydrogens (tertiary/aromatic N) is 1. The van der Waals surface area contributed by atoms with Crippen LogP contribution >= 0.6 is 11.3 Å². The molecule has 2 heterocycles. The molecule has 1 aromatic rings. The van der Waals surface area contributed by atoms with Gasteiger partial charge in [-0.3, -0.25) is 0 Å². The third-order valence-electron chi connectivity index (χ3n) is 1.60. The highest BCUT2D eigenvalue weighted by molar-refractivity contribution is 7.12. The highest BCUT2D eigenvalue weighted by Crippen LogP contribution is 2.22. The van der Waals surface area contributed by atoms with Crippen molar-refractivity contribution in [3.63, 3.8) is 0 Å². The Hall–Kier alpha value is -0.850. The second kappa shape index (κ2) is 2.65. The molecule has 2 nitrogen and oxygen atoms in total. The molecule has 1 aliphatic rings. The molecule has 1 aromatic heterocycles. The van der Waals surface area contributed by atoms with Gasteiger partial charge < -0.3 is 4.74 Å². The second-order valence-corrected chi connectivity index (χ2v) is 3.71. The van der Waals surface area contributed by atoms with Crippen molar-refractivity contribution < 1.29 is 4.74 Å². The largest absolute Gasteiger partial charge is 0.373 e. The molecule has 0 amide bonds. The van der Waals surface area contributed by atoms with E-state index >= 15 is 0 Å². The van der Waals surface area contributed by atoms with Gasteiger partial charge in [-0.25, -0.2) is 0 Å². The normalized spacial score (nSPS) is 21.2. The summed E-state index contributed by atoms with van der Waals surface area (Å²) in [6.07, 6.45) is 1.41. The van der Waals surface area contributed by atoms with Crippen LogP contribution in [0.5, 0.6) is 0 Å². The Morgan fingerprint density at radius 3 is 3.09 bits per heavy atom. The summed E-state index contributed by atoms with van der Waals surface area (Å²) in [7, 11) is 0. The Balaban J connectivity index is 2.07. The molecule has 11 heavy (non-hydrogen) atoms. The zero-order valence-electron chi connectivity index (χ0n) is 5.91. The smallest absolute Gasteiger partial charge is 0.110 e. The van der Waals surface area contributed by atoms with E-state index in [2.05, 4.69) is 6.07 Å². The molecular weight excluding hydrogens is 158 g/mol. The number of epoxide rings is 1. The second-order valence-electron chi connectivity index (χ2n) is 2.54. The summed E-state index contributed by atoms with van der Waals surface area (Å²) in [6, 6.07) is 5.99. The minimum Gasteiger partial charge on any atom is -0.373 e. The van der Waals surface area contributed by atoms with Crippen molar-refractivity contribution in [2.24, 2.45) is 0 Å². The van der Waals surface area contributed by atoms with Crippen molar-refractivity contribution in [3.05, 3.63) is 21.9 Å². The average molecular weight is 165 g/mol. The molecule has 0 N–H and O–H groups in total. The van der Waals surface area contributed by atoms with Crippen LogP contribution in [0.25, 0.3) is 0 Å². The van der Waals surface area contributed by atoms with Gasteiger partial charge in [-0.1, -0.05) is 0 Å². The van der Waals surface area contributed by atoms with Gasteiger partial charge in [0.05, 0.1) is 12.7 Å². The van der Waals surface area contributed by atoms with Gasteiger partial charge >= 0.3 is 0 Å². The first-order chi connectivity index (χ1) is 5.38.